The van der Waals surface area contributed by atoms with E-state index in [1.807, 2.05) is 7.05 Å². The summed E-state index contributed by atoms with van der Waals surface area (Å²) in [6, 6.07) is 9.19. The third kappa shape index (κ3) is 3.32. The first-order valence-corrected chi connectivity index (χ1v) is 7.45. The number of nitrogens with one attached hydrogen (secondary N) is 1. The molecule has 0 aromatic heterocycles. The molecule has 0 bridgehead atoms. The molecule has 0 radical (unpaired) electrons. The molecule has 2 atom stereocenters. The first-order chi connectivity index (χ1) is 9.67. The molecule has 1 heterocycles. The van der Waals surface area contributed by atoms with E-state index in [2.05, 4.69) is 60.4 Å². The molecule has 1 aliphatic rings. The van der Waals surface area contributed by atoms with Crippen LogP contribution < -0.4 is 10.2 Å². The van der Waals surface area contributed by atoms with Crippen molar-refractivity contribution in [2.75, 3.05) is 52.3 Å². The molecule has 1 aromatic rings. The van der Waals surface area contributed by atoms with Gasteiger partial charge >= 0.3 is 0 Å². The molecule has 0 amide bonds. The lowest BCUT2D eigenvalue weighted by Crippen LogP contribution is -2.48. The zero-order valence-corrected chi connectivity index (χ0v) is 13.1. The van der Waals surface area contributed by atoms with Crippen LogP contribution in [0.2, 0.25) is 0 Å². The first kappa shape index (κ1) is 15.3. The number of benzene rings is 1. The first-order valence-electron chi connectivity index (χ1n) is 7.45. The molecule has 1 aromatic carbocycles. The number of nitrogens with zero attached hydrogens (tertiary/aromatic N) is 2. The van der Waals surface area contributed by atoms with E-state index < -0.39 is 0 Å². The second kappa shape index (κ2) is 7.07. The predicted octanol–water partition coefficient (Wildman–Crippen LogP) is 1.73. The lowest BCUT2D eigenvalue weighted by Gasteiger charge is -2.41. The van der Waals surface area contributed by atoms with Crippen LogP contribution in [0.5, 0.6) is 0 Å². The van der Waals surface area contributed by atoms with E-state index in [0.717, 1.165) is 26.2 Å². The van der Waals surface area contributed by atoms with E-state index in [1.54, 1.807) is 0 Å². The Kier molecular flexibility index (Phi) is 5.40. The molecule has 1 saturated heterocycles. The van der Waals surface area contributed by atoms with E-state index in [4.69, 9.17) is 4.74 Å². The number of hydrogen-bond donors (Lipinski definition) is 1. The van der Waals surface area contributed by atoms with Gasteiger partial charge in [0.05, 0.1) is 18.8 Å². The van der Waals surface area contributed by atoms with E-state index in [0.29, 0.717) is 6.04 Å². The number of likely N-dealkylation sites (N-methyl/N-ethyl adjacent to an activating group) is 2. The zero-order valence-electron chi connectivity index (χ0n) is 13.1. The average Bonchev–Trinajstić information content (AvgIpc) is 2.47. The third-order valence-electron chi connectivity index (χ3n) is 4.02. The summed E-state index contributed by atoms with van der Waals surface area (Å²) in [5, 5.41) is 3.25. The van der Waals surface area contributed by atoms with Crippen molar-refractivity contribution in [3.05, 3.63) is 29.8 Å². The fourth-order valence-corrected chi connectivity index (χ4v) is 2.91. The highest BCUT2D eigenvalue weighted by Gasteiger charge is 2.32. The van der Waals surface area contributed by atoms with Crippen LogP contribution in [0.15, 0.2) is 24.3 Å². The van der Waals surface area contributed by atoms with Crippen LogP contribution >= 0.6 is 0 Å². The molecule has 4 heteroatoms. The van der Waals surface area contributed by atoms with Crippen molar-refractivity contribution in [2.24, 2.45) is 0 Å². The molecule has 1 aliphatic heterocycles. The Morgan fingerprint density at radius 3 is 2.55 bits per heavy atom. The standard InChI is InChI=1S/C16H27N3O/c1-5-19-10-11-20-15(12-17-2)16(19)13-6-8-14(9-7-13)18(3)4/h6-9,15-17H,5,10-12H2,1-4H3. The Labute approximate surface area is 122 Å². The van der Waals surface area contributed by atoms with Gasteiger partial charge in [-0.15, -0.1) is 0 Å². The van der Waals surface area contributed by atoms with Crippen LogP contribution in [-0.2, 0) is 4.74 Å². The molecular weight excluding hydrogens is 250 g/mol. The van der Waals surface area contributed by atoms with Crippen LogP contribution in [0, 0.1) is 0 Å². The van der Waals surface area contributed by atoms with E-state index in [-0.39, 0.29) is 6.10 Å². The molecule has 1 fully saturated rings. The minimum absolute atomic E-state index is 0.221. The highest BCUT2D eigenvalue weighted by atomic mass is 16.5. The van der Waals surface area contributed by atoms with Gasteiger partial charge in [0.25, 0.3) is 0 Å². The Morgan fingerprint density at radius 2 is 2.00 bits per heavy atom. The minimum atomic E-state index is 0.221. The highest BCUT2D eigenvalue weighted by molar-refractivity contribution is 5.46. The molecule has 0 aliphatic carbocycles. The maximum Gasteiger partial charge on any atom is 0.0896 e. The lowest BCUT2D eigenvalue weighted by molar-refractivity contribution is -0.0686. The molecule has 112 valence electrons. The molecule has 2 unspecified atom stereocenters. The van der Waals surface area contributed by atoms with E-state index in [1.165, 1.54) is 11.3 Å². The predicted molar refractivity (Wildman–Crippen MR) is 84.4 cm³/mol. The summed E-state index contributed by atoms with van der Waals surface area (Å²) in [7, 11) is 6.13. The van der Waals surface area contributed by atoms with Crippen LogP contribution in [-0.4, -0.2) is 58.4 Å². The topological polar surface area (TPSA) is 27.7 Å². The minimum Gasteiger partial charge on any atom is -0.378 e. The summed E-state index contributed by atoms with van der Waals surface area (Å²) in [5.41, 5.74) is 2.58. The van der Waals surface area contributed by atoms with Crippen molar-refractivity contribution < 1.29 is 4.74 Å². The maximum absolute atomic E-state index is 5.98. The van der Waals surface area contributed by atoms with Crippen molar-refractivity contribution >= 4 is 5.69 Å². The average molecular weight is 277 g/mol. The van der Waals surface area contributed by atoms with Gasteiger partial charge in [-0.05, 0) is 31.3 Å². The van der Waals surface area contributed by atoms with Gasteiger partial charge < -0.3 is 15.0 Å². The Morgan fingerprint density at radius 1 is 1.30 bits per heavy atom. The molecule has 20 heavy (non-hydrogen) atoms. The molecule has 2 rings (SSSR count). The number of rotatable bonds is 5. The SMILES string of the molecule is CCN1CCOC(CNC)C1c1ccc(N(C)C)cc1. The molecule has 0 saturated carbocycles. The van der Waals surface area contributed by atoms with Gasteiger partial charge in [0.1, 0.15) is 0 Å². The zero-order chi connectivity index (χ0) is 14.5. The van der Waals surface area contributed by atoms with Crippen molar-refractivity contribution in [3.8, 4) is 0 Å². The van der Waals surface area contributed by atoms with Crippen LogP contribution in [0.4, 0.5) is 5.69 Å². The van der Waals surface area contributed by atoms with Gasteiger partial charge in [-0.1, -0.05) is 19.1 Å². The smallest absolute Gasteiger partial charge is 0.0896 e. The molecular formula is C16H27N3O. The summed E-state index contributed by atoms with van der Waals surface area (Å²) in [6.45, 7) is 6.01. The fraction of sp³-hybridized carbons (Fsp3) is 0.625. The Hall–Kier alpha value is -1.10. The summed E-state index contributed by atoms with van der Waals surface area (Å²) < 4.78 is 5.98. The summed E-state index contributed by atoms with van der Waals surface area (Å²) in [5.74, 6) is 0. The normalized spacial score (nSPS) is 23.8. The maximum atomic E-state index is 5.98. The van der Waals surface area contributed by atoms with Gasteiger partial charge in [0.15, 0.2) is 0 Å². The van der Waals surface area contributed by atoms with E-state index >= 15 is 0 Å². The monoisotopic (exact) mass is 277 g/mol. The Balaban J connectivity index is 2.23. The lowest BCUT2D eigenvalue weighted by atomic mass is 9.97. The van der Waals surface area contributed by atoms with Gasteiger partial charge in [0, 0.05) is 32.9 Å². The second-order valence-corrected chi connectivity index (χ2v) is 5.53. The summed E-state index contributed by atoms with van der Waals surface area (Å²) >= 11 is 0. The largest absolute Gasteiger partial charge is 0.378 e. The number of hydrogen-bond acceptors (Lipinski definition) is 4. The number of anilines is 1. The summed E-state index contributed by atoms with van der Waals surface area (Å²) in [4.78, 5) is 4.64. The van der Waals surface area contributed by atoms with Crippen LogP contribution in [0.3, 0.4) is 0 Å². The van der Waals surface area contributed by atoms with Crippen molar-refractivity contribution in [1.82, 2.24) is 10.2 Å². The van der Waals surface area contributed by atoms with Crippen molar-refractivity contribution in [2.45, 2.75) is 19.1 Å². The fourth-order valence-electron chi connectivity index (χ4n) is 2.91. The highest BCUT2D eigenvalue weighted by Crippen LogP contribution is 2.30. The van der Waals surface area contributed by atoms with Gasteiger partial charge in [-0.3, -0.25) is 4.90 Å². The number of ether oxygens (including phenoxy) is 1. The van der Waals surface area contributed by atoms with Crippen molar-refractivity contribution in [3.63, 3.8) is 0 Å². The van der Waals surface area contributed by atoms with E-state index in [9.17, 15) is 0 Å². The van der Waals surface area contributed by atoms with Gasteiger partial charge in [0.2, 0.25) is 0 Å². The van der Waals surface area contributed by atoms with Crippen molar-refractivity contribution in [1.29, 1.82) is 0 Å². The number of morpholine rings is 1. The third-order valence-corrected chi connectivity index (χ3v) is 4.02. The molecule has 0 spiro atoms. The Bertz CT molecular complexity index is 403. The molecule has 1 N–H and O–H groups in total. The van der Waals surface area contributed by atoms with Crippen LogP contribution in [0.1, 0.15) is 18.5 Å². The molecule has 4 nitrogen and oxygen atoms in total. The van der Waals surface area contributed by atoms with Crippen LogP contribution in [0.25, 0.3) is 0 Å². The second-order valence-electron chi connectivity index (χ2n) is 5.53. The summed E-state index contributed by atoms with van der Waals surface area (Å²) in [6.07, 6.45) is 0.221. The van der Waals surface area contributed by atoms with Gasteiger partial charge in [-0.2, -0.15) is 0 Å². The quantitative estimate of drug-likeness (QED) is 0.887. The van der Waals surface area contributed by atoms with Gasteiger partial charge in [-0.25, -0.2) is 0 Å².